The Balaban J connectivity index is 1.94. The number of pyridine rings is 1. The van der Waals surface area contributed by atoms with Gasteiger partial charge in [0.05, 0.1) is 5.69 Å². The molecule has 3 aromatic rings. The van der Waals surface area contributed by atoms with Crippen LogP contribution >= 0.6 is 0 Å². The number of nitrogens with zero attached hydrogens (tertiary/aromatic N) is 3. The molecule has 0 spiro atoms. The van der Waals surface area contributed by atoms with E-state index in [2.05, 4.69) is 75.5 Å². The highest BCUT2D eigenvalue weighted by molar-refractivity contribution is 5.95. The molecule has 3 heteroatoms. The van der Waals surface area contributed by atoms with Gasteiger partial charge in [-0.05, 0) is 76.1 Å². The zero-order chi connectivity index (χ0) is 18.6. The fourth-order valence-electron chi connectivity index (χ4n) is 4.32. The van der Waals surface area contributed by atoms with Gasteiger partial charge in [0.1, 0.15) is 5.65 Å². The number of fused-ring (bicyclic) bond motifs is 1. The van der Waals surface area contributed by atoms with Crippen molar-refractivity contribution in [2.24, 2.45) is 5.92 Å². The van der Waals surface area contributed by atoms with Crippen LogP contribution in [-0.4, -0.2) is 23.1 Å². The van der Waals surface area contributed by atoms with E-state index in [1.54, 1.807) is 0 Å². The summed E-state index contributed by atoms with van der Waals surface area (Å²) in [6, 6.07) is 6.77. The first-order chi connectivity index (χ1) is 12.3. The number of aromatic nitrogens is 2. The second-order valence-corrected chi connectivity index (χ2v) is 8.23. The average molecular weight is 348 g/mol. The van der Waals surface area contributed by atoms with Crippen LogP contribution in [0.5, 0.6) is 0 Å². The maximum absolute atomic E-state index is 4.95. The summed E-state index contributed by atoms with van der Waals surface area (Å²) < 4.78 is 2.30. The minimum atomic E-state index is 0.868. The number of hydrogen-bond donors (Lipinski definition) is 0. The molecule has 0 unspecified atom stereocenters. The predicted molar refractivity (Wildman–Crippen MR) is 111 cm³/mol. The average Bonchev–Trinajstić information content (AvgIpc) is 3.30. The lowest BCUT2D eigenvalue weighted by Gasteiger charge is -2.21. The molecule has 0 bridgehead atoms. The summed E-state index contributed by atoms with van der Waals surface area (Å²) in [5.41, 5.74) is 9.95. The van der Waals surface area contributed by atoms with Crippen LogP contribution in [0.25, 0.3) is 16.7 Å². The Labute approximate surface area is 156 Å². The van der Waals surface area contributed by atoms with Gasteiger partial charge in [0.25, 0.3) is 0 Å². The summed E-state index contributed by atoms with van der Waals surface area (Å²) >= 11 is 0. The molecule has 0 aliphatic heterocycles. The monoisotopic (exact) mass is 347 g/mol. The minimum Gasteiger partial charge on any atom is -0.374 e. The van der Waals surface area contributed by atoms with Gasteiger partial charge >= 0.3 is 0 Å². The van der Waals surface area contributed by atoms with Gasteiger partial charge in [0, 0.05) is 36.6 Å². The second kappa shape index (κ2) is 6.15. The van der Waals surface area contributed by atoms with Gasteiger partial charge in [0.2, 0.25) is 0 Å². The number of anilines is 1. The van der Waals surface area contributed by atoms with Crippen LogP contribution in [0.3, 0.4) is 0 Å². The van der Waals surface area contributed by atoms with Crippen molar-refractivity contribution >= 4 is 16.7 Å². The van der Waals surface area contributed by atoms with Gasteiger partial charge in [-0.2, -0.15) is 0 Å². The van der Waals surface area contributed by atoms with Crippen molar-refractivity contribution < 1.29 is 0 Å². The maximum Gasteiger partial charge on any atom is 0.147 e. The summed E-state index contributed by atoms with van der Waals surface area (Å²) in [7, 11) is 2.23. The fraction of sp³-hybridized carbons (Fsp3) is 0.435. The molecular formula is C23H29N3. The molecule has 2 heterocycles. The Morgan fingerprint density at radius 1 is 1.00 bits per heavy atom. The van der Waals surface area contributed by atoms with Gasteiger partial charge in [-0.15, -0.1) is 0 Å². The molecule has 1 aliphatic rings. The van der Waals surface area contributed by atoms with Crippen molar-refractivity contribution in [3.05, 3.63) is 52.3 Å². The Morgan fingerprint density at radius 3 is 2.27 bits per heavy atom. The number of aryl methyl sites for hydroxylation is 5. The lowest BCUT2D eigenvalue weighted by atomic mass is 10.1. The molecule has 0 radical (unpaired) electrons. The molecule has 136 valence electrons. The Morgan fingerprint density at radius 2 is 1.65 bits per heavy atom. The van der Waals surface area contributed by atoms with Crippen LogP contribution in [-0.2, 0) is 0 Å². The predicted octanol–water partition coefficient (Wildman–Crippen LogP) is 5.41. The zero-order valence-electron chi connectivity index (χ0n) is 16.8. The van der Waals surface area contributed by atoms with E-state index in [9.17, 15) is 0 Å². The van der Waals surface area contributed by atoms with Crippen molar-refractivity contribution in [1.82, 2.24) is 9.55 Å². The molecule has 3 nitrogen and oxygen atoms in total. The van der Waals surface area contributed by atoms with Crippen LogP contribution in [0, 0.1) is 40.5 Å². The maximum atomic E-state index is 4.95. The molecule has 1 fully saturated rings. The van der Waals surface area contributed by atoms with E-state index in [-0.39, 0.29) is 0 Å². The molecule has 0 amide bonds. The topological polar surface area (TPSA) is 21.1 Å². The van der Waals surface area contributed by atoms with E-state index >= 15 is 0 Å². The third-order valence-corrected chi connectivity index (χ3v) is 5.57. The van der Waals surface area contributed by atoms with E-state index in [4.69, 9.17) is 4.98 Å². The van der Waals surface area contributed by atoms with Gasteiger partial charge in [-0.25, -0.2) is 4.98 Å². The lowest BCUT2D eigenvalue weighted by Crippen LogP contribution is -2.20. The molecule has 0 N–H and O–H groups in total. The SMILES string of the molecule is Cc1cc(C)c(-n2cc(C)c3c(N(C)CC4CC4)cc(C)nc32)c(C)c1. The molecule has 1 saturated carbocycles. The smallest absolute Gasteiger partial charge is 0.147 e. The molecule has 0 saturated heterocycles. The molecule has 1 aromatic carbocycles. The summed E-state index contributed by atoms with van der Waals surface area (Å²) in [5, 5.41) is 1.29. The normalized spacial score (nSPS) is 14.2. The van der Waals surface area contributed by atoms with Crippen LogP contribution < -0.4 is 4.90 Å². The highest BCUT2D eigenvalue weighted by Crippen LogP contribution is 2.36. The number of rotatable bonds is 4. The molecular weight excluding hydrogens is 318 g/mol. The quantitative estimate of drug-likeness (QED) is 0.629. The van der Waals surface area contributed by atoms with Crippen LogP contribution in [0.4, 0.5) is 5.69 Å². The van der Waals surface area contributed by atoms with Gasteiger partial charge < -0.3 is 9.47 Å². The largest absolute Gasteiger partial charge is 0.374 e. The van der Waals surface area contributed by atoms with Gasteiger partial charge in [-0.1, -0.05) is 17.7 Å². The first-order valence-corrected chi connectivity index (χ1v) is 9.64. The van der Waals surface area contributed by atoms with Gasteiger partial charge in [0.15, 0.2) is 0 Å². The molecule has 0 atom stereocenters. The molecule has 1 aliphatic carbocycles. The second-order valence-electron chi connectivity index (χ2n) is 8.23. The first-order valence-electron chi connectivity index (χ1n) is 9.64. The minimum absolute atomic E-state index is 0.868. The Kier molecular flexibility index (Phi) is 4.06. The molecule has 26 heavy (non-hydrogen) atoms. The molecule has 4 rings (SSSR count). The van der Waals surface area contributed by atoms with E-state index < -0.39 is 0 Å². The highest BCUT2D eigenvalue weighted by Gasteiger charge is 2.25. The summed E-state index contributed by atoms with van der Waals surface area (Å²) in [5.74, 6) is 0.868. The van der Waals surface area contributed by atoms with Crippen molar-refractivity contribution in [2.75, 3.05) is 18.5 Å². The Hall–Kier alpha value is -2.29. The standard InChI is InChI=1S/C23H29N3/c1-14-9-15(2)22(16(3)10-14)26-12-17(4)21-20(11-18(5)24-23(21)26)25(6)13-19-7-8-19/h9-12,19H,7-8,13H2,1-6H3. The van der Waals surface area contributed by atoms with Crippen molar-refractivity contribution in [3.63, 3.8) is 0 Å². The number of hydrogen-bond acceptors (Lipinski definition) is 2. The van der Waals surface area contributed by atoms with Crippen LogP contribution in [0.15, 0.2) is 24.4 Å². The lowest BCUT2D eigenvalue weighted by molar-refractivity contribution is 0.788. The van der Waals surface area contributed by atoms with E-state index in [0.717, 1.165) is 23.8 Å². The highest BCUT2D eigenvalue weighted by atomic mass is 15.1. The van der Waals surface area contributed by atoms with E-state index in [1.807, 2.05) is 0 Å². The summed E-state index contributed by atoms with van der Waals surface area (Å²) in [4.78, 5) is 7.38. The van der Waals surface area contributed by atoms with Crippen LogP contribution in [0.1, 0.15) is 40.8 Å². The summed E-state index contributed by atoms with van der Waals surface area (Å²) in [6.07, 6.45) is 5.01. The van der Waals surface area contributed by atoms with Gasteiger partial charge in [-0.3, -0.25) is 0 Å². The van der Waals surface area contributed by atoms with Crippen molar-refractivity contribution in [1.29, 1.82) is 0 Å². The summed E-state index contributed by atoms with van der Waals surface area (Å²) in [6.45, 7) is 12.0. The van der Waals surface area contributed by atoms with E-state index in [1.165, 1.54) is 51.9 Å². The first kappa shape index (κ1) is 17.1. The third-order valence-electron chi connectivity index (χ3n) is 5.57. The molecule has 2 aromatic heterocycles. The van der Waals surface area contributed by atoms with Crippen LogP contribution in [0.2, 0.25) is 0 Å². The third kappa shape index (κ3) is 2.90. The van der Waals surface area contributed by atoms with Crippen molar-refractivity contribution in [3.8, 4) is 5.69 Å². The fourth-order valence-corrected chi connectivity index (χ4v) is 4.32. The van der Waals surface area contributed by atoms with E-state index in [0.29, 0.717) is 0 Å². The number of benzene rings is 1. The Bertz CT molecular complexity index is 969. The zero-order valence-corrected chi connectivity index (χ0v) is 16.8. The van der Waals surface area contributed by atoms with Crippen molar-refractivity contribution in [2.45, 2.75) is 47.5 Å².